The van der Waals surface area contributed by atoms with Gasteiger partial charge < -0.3 is 0 Å². The van der Waals surface area contributed by atoms with Crippen LogP contribution in [0.15, 0.2) is 12.2 Å². The van der Waals surface area contributed by atoms with Gasteiger partial charge in [-0.3, -0.25) is 4.79 Å². The van der Waals surface area contributed by atoms with Crippen molar-refractivity contribution in [3.05, 3.63) is 12.2 Å². The Morgan fingerprint density at radius 2 is 2.45 bits per heavy atom. The van der Waals surface area contributed by atoms with Crippen molar-refractivity contribution in [2.75, 3.05) is 0 Å². The number of allylic oxidation sites excluding steroid dienone is 2. The first-order valence-corrected chi connectivity index (χ1v) is 4.54. The van der Waals surface area contributed by atoms with Gasteiger partial charge in [0.05, 0.1) is 5.41 Å². The molecule has 0 radical (unpaired) electrons. The van der Waals surface area contributed by atoms with Gasteiger partial charge in [0, 0.05) is 6.42 Å². The van der Waals surface area contributed by atoms with Gasteiger partial charge in [-0.25, -0.2) is 0 Å². The van der Waals surface area contributed by atoms with Crippen LogP contribution in [0.2, 0.25) is 0 Å². The van der Waals surface area contributed by atoms with Crippen molar-refractivity contribution in [1.82, 2.24) is 0 Å². The van der Waals surface area contributed by atoms with Crippen molar-refractivity contribution >= 4 is 5.78 Å². The second-order valence-electron chi connectivity index (χ2n) is 4.26. The van der Waals surface area contributed by atoms with Gasteiger partial charge in [-0.05, 0) is 31.1 Å². The Morgan fingerprint density at radius 3 is 3.18 bits per heavy atom. The highest BCUT2D eigenvalue weighted by atomic mass is 16.1. The van der Waals surface area contributed by atoms with Crippen molar-refractivity contribution in [2.24, 2.45) is 17.3 Å². The van der Waals surface area contributed by atoms with Crippen LogP contribution in [0.4, 0.5) is 0 Å². The number of rotatable bonds is 0. The van der Waals surface area contributed by atoms with E-state index in [0.29, 0.717) is 5.78 Å². The van der Waals surface area contributed by atoms with Gasteiger partial charge in [0.25, 0.3) is 0 Å². The van der Waals surface area contributed by atoms with Crippen molar-refractivity contribution in [3.8, 4) is 0 Å². The Morgan fingerprint density at radius 1 is 1.55 bits per heavy atom. The smallest absolute Gasteiger partial charge is 0.143 e. The largest absolute Gasteiger partial charge is 0.299 e. The molecule has 0 aromatic heterocycles. The number of ketones is 1. The third-order valence-electron chi connectivity index (χ3n) is 3.82. The molecule has 0 aromatic carbocycles. The summed E-state index contributed by atoms with van der Waals surface area (Å²) < 4.78 is 0. The summed E-state index contributed by atoms with van der Waals surface area (Å²) in [6, 6.07) is 0. The standard InChI is InChI=1S/C10H12O/c11-9-2-1-8-5-7-3-4-10(8,9)6-7/h3-4,7-8H,1-2,5-6H2. The van der Waals surface area contributed by atoms with Crippen LogP contribution in [-0.4, -0.2) is 5.78 Å². The SMILES string of the molecule is O=C1CCC2CC3C=CC12C3. The molecular weight excluding hydrogens is 136 g/mol. The molecule has 2 bridgehead atoms. The van der Waals surface area contributed by atoms with Gasteiger partial charge >= 0.3 is 0 Å². The average molecular weight is 148 g/mol. The molecule has 0 aliphatic heterocycles. The second-order valence-corrected chi connectivity index (χ2v) is 4.26. The van der Waals surface area contributed by atoms with E-state index in [9.17, 15) is 4.79 Å². The number of carbonyl (C=O) groups excluding carboxylic acids is 1. The van der Waals surface area contributed by atoms with E-state index in [-0.39, 0.29) is 5.41 Å². The van der Waals surface area contributed by atoms with Gasteiger partial charge in [0.2, 0.25) is 0 Å². The number of Topliss-reactive ketones (excluding diaryl/α,β-unsaturated/α-hetero) is 1. The summed E-state index contributed by atoms with van der Waals surface area (Å²) in [7, 11) is 0. The summed E-state index contributed by atoms with van der Waals surface area (Å²) in [5.41, 5.74) is 0.0602. The molecule has 3 aliphatic carbocycles. The van der Waals surface area contributed by atoms with Crippen molar-refractivity contribution in [1.29, 1.82) is 0 Å². The number of fused-ring (bicyclic) bond motifs is 1. The summed E-state index contributed by atoms with van der Waals surface area (Å²) in [5.74, 6) is 2.01. The average Bonchev–Trinajstić information content (AvgIpc) is 2.62. The van der Waals surface area contributed by atoms with Crippen LogP contribution in [0.3, 0.4) is 0 Å². The van der Waals surface area contributed by atoms with Crippen molar-refractivity contribution < 1.29 is 4.79 Å². The number of carbonyl (C=O) groups is 1. The van der Waals surface area contributed by atoms with Crippen molar-refractivity contribution in [3.63, 3.8) is 0 Å². The number of hydrogen-bond donors (Lipinski definition) is 0. The highest BCUT2D eigenvalue weighted by molar-refractivity contribution is 5.90. The minimum atomic E-state index is 0.0602. The number of hydrogen-bond acceptors (Lipinski definition) is 1. The molecule has 3 unspecified atom stereocenters. The molecule has 3 rings (SSSR count). The summed E-state index contributed by atoms with van der Waals surface area (Å²) >= 11 is 0. The lowest BCUT2D eigenvalue weighted by Crippen LogP contribution is -2.24. The van der Waals surface area contributed by atoms with E-state index in [1.54, 1.807) is 0 Å². The van der Waals surface area contributed by atoms with Crippen LogP contribution in [0.5, 0.6) is 0 Å². The quantitative estimate of drug-likeness (QED) is 0.480. The predicted molar refractivity (Wildman–Crippen MR) is 42.0 cm³/mol. The fourth-order valence-electron chi connectivity index (χ4n) is 3.27. The van der Waals surface area contributed by atoms with E-state index in [0.717, 1.165) is 24.7 Å². The summed E-state index contributed by atoms with van der Waals surface area (Å²) in [5, 5.41) is 0. The fraction of sp³-hybridized carbons (Fsp3) is 0.700. The molecule has 1 nitrogen and oxygen atoms in total. The molecule has 0 aromatic rings. The van der Waals surface area contributed by atoms with E-state index in [2.05, 4.69) is 12.2 Å². The van der Waals surface area contributed by atoms with Gasteiger partial charge in [-0.1, -0.05) is 12.2 Å². The van der Waals surface area contributed by atoms with Gasteiger partial charge in [0.1, 0.15) is 5.78 Å². The van der Waals surface area contributed by atoms with E-state index in [4.69, 9.17) is 0 Å². The zero-order chi connectivity index (χ0) is 7.47. The van der Waals surface area contributed by atoms with Crippen molar-refractivity contribution in [2.45, 2.75) is 25.7 Å². The van der Waals surface area contributed by atoms with Gasteiger partial charge in [-0.15, -0.1) is 0 Å². The maximum Gasteiger partial charge on any atom is 0.143 e. The second kappa shape index (κ2) is 1.60. The zero-order valence-electron chi connectivity index (χ0n) is 6.55. The molecule has 2 saturated carbocycles. The monoisotopic (exact) mass is 148 g/mol. The highest BCUT2D eigenvalue weighted by Gasteiger charge is 2.56. The Hall–Kier alpha value is -0.590. The lowest BCUT2D eigenvalue weighted by molar-refractivity contribution is -0.124. The Balaban J connectivity index is 2.13. The van der Waals surface area contributed by atoms with Crippen LogP contribution in [-0.2, 0) is 4.79 Å². The topological polar surface area (TPSA) is 17.1 Å². The lowest BCUT2D eigenvalue weighted by Gasteiger charge is -2.21. The molecule has 2 fully saturated rings. The first-order valence-electron chi connectivity index (χ1n) is 4.54. The normalized spacial score (nSPS) is 52.2. The highest BCUT2D eigenvalue weighted by Crippen LogP contribution is 2.59. The Labute approximate surface area is 66.5 Å². The molecule has 1 heteroatoms. The maximum atomic E-state index is 11.6. The molecule has 3 aliphatic rings. The molecular formula is C10H12O. The molecule has 3 atom stereocenters. The molecule has 1 spiro atoms. The third kappa shape index (κ3) is 0.524. The molecule has 0 heterocycles. The van der Waals surface area contributed by atoms with E-state index < -0.39 is 0 Å². The van der Waals surface area contributed by atoms with Gasteiger partial charge in [-0.2, -0.15) is 0 Å². The summed E-state index contributed by atoms with van der Waals surface area (Å²) in [4.78, 5) is 11.6. The lowest BCUT2D eigenvalue weighted by atomic mass is 9.80. The Bertz CT molecular complexity index is 254. The first kappa shape index (κ1) is 5.99. The molecule has 0 amide bonds. The van der Waals surface area contributed by atoms with Crippen LogP contribution >= 0.6 is 0 Å². The minimum absolute atomic E-state index is 0.0602. The zero-order valence-corrected chi connectivity index (χ0v) is 6.55. The Kier molecular flexibility index (Phi) is 0.869. The summed E-state index contributed by atoms with van der Waals surface area (Å²) in [6.45, 7) is 0. The van der Waals surface area contributed by atoms with Gasteiger partial charge in [0.15, 0.2) is 0 Å². The van der Waals surface area contributed by atoms with Crippen LogP contribution < -0.4 is 0 Å². The van der Waals surface area contributed by atoms with E-state index in [1.807, 2.05) is 0 Å². The maximum absolute atomic E-state index is 11.6. The first-order chi connectivity index (χ1) is 5.31. The summed E-state index contributed by atoms with van der Waals surface area (Å²) in [6.07, 6.45) is 8.93. The molecule has 0 N–H and O–H groups in total. The molecule has 0 saturated heterocycles. The third-order valence-corrected chi connectivity index (χ3v) is 3.82. The van der Waals surface area contributed by atoms with E-state index >= 15 is 0 Å². The fourth-order valence-corrected chi connectivity index (χ4v) is 3.27. The predicted octanol–water partition coefficient (Wildman–Crippen LogP) is 1.93. The molecule has 58 valence electrons. The van der Waals surface area contributed by atoms with Crippen LogP contribution in [0, 0.1) is 17.3 Å². The molecule has 11 heavy (non-hydrogen) atoms. The minimum Gasteiger partial charge on any atom is -0.299 e. The van der Waals surface area contributed by atoms with Crippen LogP contribution in [0.25, 0.3) is 0 Å². The van der Waals surface area contributed by atoms with Crippen LogP contribution in [0.1, 0.15) is 25.7 Å². The van der Waals surface area contributed by atoms with E-state index in [1.165, 1.54) is 12.8 Å².